The fourth-order valence-corrected chi connectivity index (χ4v) is 1.64. The molecular weight excluding hydrogens is 214 g/mol. The summed E-state index contributed by atoms with van der Waals surface area (Å²) in [6.45, 7) is 1.37. The third-order valence-corrected chi connectivity index (χ3v) is 2.30. The van der Waals surface area contributed by atoms with Gasteiger partial charge in [-0.15, -0.1) is 0 Å². The standard InChI is InChI=1S/C14H13NO2/c1-10(16)17-14-8-12(7-13(15)9-14)11-5-3-2-4-6-11/h2-9H,15H2,1H3. The Morgan fingerprint density at radius 3 is 2.41 bits per heavy atom. The van der Waals surface area contributed by atoms with Crippen LogP contribution in [0, 0.1) is 0 Å². The van der Waals surface area contributed by atoms with Crippen LogP contribution in [0.3, 0.4) is 0 Å². The maximum absolute atomic E-state index is 10.9. The van der Waals surface area contributed by atoms with Crippen LogP contribution in [-0.4, -0.2) is 5.97 Å². The Hall–Kier alpha value is -2.29. The first kappa shape index (κ1) is 11.2. The van der Waals surface area contributed by atoms with Crippen molar-refractivity contribution in [2.45, 2.75) is 6.92 Å². The SMILES string of the molecule is CC(=O)Oc1cc(N)cc(-c2ccccc2)c1. The average Bonchev–Trinajstić information content (AvgIpc) is 2.28. The number of nitrogens with two attached hydrogens (primary N) is 1. The van der Waals surface area contributed by atoms with Crippen LogP contribution in [0.4, 0.5) is 5.69 Å². The van der Waals surface area contributed by atoms with Gasteiger partial charge in [0, 0.05) is 18.7 Å². The van der Waals surface area contributed by atoms with Gasteiger partial charge in [-0.3, -0.25) is 4.79 Å². The fraction of sp³-hybridized carbons (Fsp3) is 0.0714. The van der Waals surface area contributed by atoms with E-state index in [1.54, 1.807) is 12.1 Å². The fourth-order valence-electron chi connectivity index (χ4n) is 1.64. The third kappa shape index (κ3) is 2.84. The highest BCUT2D eigenvalue weighted by Crippen LogP contribution is 2.27. The number of hydrogen-bond donors (Lipinski definition) is 1. The summed E-state index contributed by atoms with van der Waals surface area (Å²) < 4.78 is 5.04. The molecule has 2 rings (SSSR count). The lowest BCUT2D eigenvalue weighted by Gasteiger charge is -2.07. The second-order valence-electron chi connectivity index (χ2n) is 3.75. The van der Waals surface area contributed by atoms with Gasteiger partial charge in [-0.2, -0.15) is 0 Å². The minimum atomic E-state index is -0.352. The van der Waals surface area contributed by atoms with Gasteiger partial charge >= 0.3 is 5.97 Å². The molecule has 2 aromatic carbocycles. The van der Waals surface area contributed by atoms with E-state index in [4.69, 9.17) is 10.5 Å². The summed E-state index contributed by atoms with van der Waals surface area (Å²) in [4.78, 5) is 10.9. The predicted octanol–water partition coefficient (Wildman–Crippen LogP) is 2.86. The Balaban J connectivity index is 2.42. The van der Waals surface area contributed by atoms with Crippen LogP contribution in [0.1, 0.15) is 6.92 Å². The average molecular weight is 227 g/mol. The Morgan fingerprint density at radius 1 is 1.06 bits per heavy atom. The Bertz CT molecular complexity index is 535. The molecule has 86 valence electrons. The molecule has 3 nitrogen and oxygen atoms in total. The van der Waals surface area contributed by atoms with Gasteiger partial charge in [-0.1, -0.05) is 30.3 Å². The number of anilines is 1. The maximum atomic E-state index is 10.9. The molecule has 0 aliphatic rings. The summed E-state index contributed by atoms with van der Waals surface area (Å²) in [5, 5.41) is 0. The second-order valence-corrected chi connectivity index (χ2v) is 3.75. The van der Waals surface area contributed by atoms with E-state index in [1.807, 2.05) is 36.4 Å². The van der Waals surface area contributed by atoms with E-state index in [2.05, 4.69) is 0 Å². The first-order chi connectivity index (χ1) is 8.15. The monoisotopic (exact) mass is 227 g/mol. The van der Waals surface area contributed by atoms with E-state index in [-0.39, 0.29) is 5.97 Å². The molecule has 0 spiro atoms. The van der Waals surface area contributed by atoms with Gasteiger partial charge in [-0.25, -0.2) is 0 Å². The predicted molar refractivity (Wildman–Crippen MR) is 67.6 cm³/mol. The van der Waals surface area contributed by atoms with Crippen LogP contribution in [0.2, 0.25) is 0 Å². The molecular formula is C14H13NO2. The Labute approximate surface area is 99.8 Å². The van der Waals surface area contributed by atoms with Gasteiger partial charge in [0.2, 0.25) is 0 Å². The van der Waals surface area contributed by atoms with Crippen LogP contribution in [0.25, 0.3) is 11.1 Å². The first-order valence-corrected chi connectivity index (χ1v) is 5.29. The first-order valence-electron chi connectivity index (χ1n) is 5.29. The number of rotatable bonds is 2. The lowest BCUT2D eigenvalue weighted by molar-refractivity contribution is -0.131. The summed E-state index contributed by atoms with van der Waals surface area (Å²) in [5.41, 5.74) is 8.32. The number of nitrogen functional groups attached to an aromatic ring is 1. The van der Waals surface area contributed by atoms with E-state index in [1.165, 1.54) is 6.92 Å². The van der Waals surface area contributed by atoms with Gasteiger partial charge in [0.15, 0.2) is 0 Å². The summed E-state index contributed by atoms with van der Waals surface area (Å²) in [5.74, 6) is 0.117. The zero-order valence-corrected chi connectivity index (χ0v) is 9.51. The zero-order chi connectivity index (χ0) is 12.3. The molecule has 3 heteroatoms. The largest absolute Gasteiger partial charge is 0.427 e. The Kier molecular flexibility index (Phi) is 3.10. The molecule has 2 N–H and O–H groups in total. The van der Waals surface area contributed by atoms with Crippen LogP contribution in [-0.2, 0) is 4.79 Å². The van der Waals surface area contributed by atoms with Crippen molar-refractivity contribution < 1.29 is 9.53 Å². The number of hydrogen-bond acceptors (Lipinski definition) is 3. The number of esters is 1. The van der Waals surface area contributed by atoms with Crippen molar-refractivity contribution in [3.8, 4) is 16.9 Å². The third-order valence-electron chi connectivity index (χ3n) is 2.30. The molecule has 0 bridgehead atoms. The summed E-state index contributed by atoms with van der Waals surface area (Å²) in [6.07, 6.45) is 0. The smallest absolute Gasteiger partial charge is 0.308 e. The van der Waals surface area contributed by atoms with Crippen LogP contribution in [0.5, 0.6) is 5.75 Å². The Morgan fingerprint density at radius 2 is 1.76 bits per heavy atom. The minimum Gasteiger partial charge on any atom is -0.427 e. The highest BCUT2D eigenvalue weighted by Gasteiger charge is 2.04. The van der Waals surface area contributed by atoms with Crippen molar-refractivity contribution in [3.63, 3.8) is 0 Å². The van der Waals surface area contributed by atoms with Crippen molar-refractivity contribution in [2.24, 2.45) is 0 Å². The molecule has 0 fully saturated rings. The molecule has 0 aromatic heterocycles. The van der Waals surface area contributed by atoms with Crippen LogP contribution in [0.15, 0.2) is 48.5 Å². The molecule has 0 atom stereocenters. The summed E-state index contributed by atoms with van der Waals surface area (Å²) >= 11 is 0. The van der Waals surface area contributed by atoms with Gasteiger partial charge in [-0.05, 0) is 23.3 Å². The lowest BCUT2D eigenvalue weighted by atomic mass is 10.0. The molecule has 0 heterocycles. The van der Waals surface area contributed by atoms with Crippen LogP contribution < -0.4 is 10.5 Å². The molecule has 2 aromatic rings. The summed E-state index contributed by atoms with van der Waals surface area (Å²) in [7, 11) is 0. The molecule has 0 radical (unpaired) electrons. The van der Waals surface area contributed by atoms with E-state index in [0.29, 0.717) is 11.4 Å². The molecule has 0 unspecified atom stereocenters. The van der Waals surface area contributed by atoms with Crippen molar-refractivity contribution in [1.82, 2.24) is 0 Å². The highest BCUT2D eigenvalue weighted by molar-refractivity contribution is 5.73. The van der Waals surface area contributed by atoms with Crippen LogP contribution >= 0.6 is 0 Å². The normalized spacial score (nSPS) is 9.94. The van der Waals surface area contributed by atoms with Crippen molar-refractivity contribution >= 4 is 11.7 Å². The number of ether oxygens (including phenoxy) is 1. The maximum Gasteiger partial charge on any atom is 0.308 e. The van der Waals surface area contributed by atoms with E-state index >= 15 is 0 Å². The lowest BCUT2D eigenvalue weighted by Crippen LogP contribution is -2.02. The molecule has 0 amide bonds. The van der Waals surface area contributed by atoms with Gasteiger partial charge in [0.25, 0.3) is 0 Å². The van der Waals surface area contributed by atoms with Crippen molar-refractivity contribution in [2.75, 3.05) is 5.73 Å². The van der Waals surface area contributed by atoms with Gasteiger partial charge in [0.05, 0.1) is 0 Å². The minimum absolute atomic E-state index is 0.352. The topological polar surface area (TPSA) is 52.3 Å². The highest BCUT2D eigenvalue weighted by atomic mass is 16.5. The molecule has 0 aliphatic carbocycles. The molecule has 0 aliphatic heterocycles. The van der Waals surface area contributed by atoms with Gasteiger partial charge in [0.1, 0.15) is 5.75 Å². The molecule has 0 saturated carbocycles. The second kappa shape index (κ2) is 4.70. The molecule has 0 saturated heterocycles. The number of benzene rings is 2. The number of carbonyl (C=O) groups is 1. The van der Waals surface area contributed by atoms with Gasteiger partial charge < -0.3 is 10.5 Å². The van der Waals surface area contributed by atoms with Crippen molar-refractivity contribution in [3.05, 3.63) is 48.5 Å². The number of carbonyl (C=O) groups excluding carboxylic acids is 1. The summed E-state index contributed by atoms with van der Waals surface area (Å²) in [6, 6.07) is 15.1. The van der Waals surface area contributed by atoms with E-state index in [9.17, 15) is 4.79 Å². The van der Waals surface area contributed by atoms with Crippen molar-refractivity contribution in [1.29, 1.82) is 0 Å². The zero-order valence-electron chi connectivity index (χ0n) is 9.51. The van der Waals surface area contributed by atoms with E-state index in [0.717, 1.165) is 11.1 Å². The molecule has 17 heavy (non-hydrogen) atoms. The quantitative estimate of drug-likeness (QED) is 0.487. The van der Waals surface area contributed by atoms with E-state index < -0.39 is 0 Å².